The molecule has 0 bridgehead atoms. The Hall–Kier alpha value is -3.04. The van der Waals surface area contributed by atoms with E-state index in [9.17, 15) is 9.50 Å². The molecule has 0 aliphatic carbocycles. The third-order valence-corrected chi connectivity index (χ3v) is 5.83. The molecule has 1 fully saturated rings. The first-order valence-corrected chi connectivity index (χ1v) is 11.8. The van der Waals surface area contributed by atoms with E-state index in [0.29, 0.717) is 58.4 Å². The van der Waals surface area contributed by atoms with Crippen LogP contribution in [0.1, 0.15) is 11.1 Å². The lowest BCUT2D eigenvalue weighted by atomic mass is 10.1. The summed E-state index contributed by atoms with van der Waals surface area (Å²) in [6.45, 7) is 8.25. The molecule has 0 saturated carbocycles. The number of nitrogens with zero attached hydrogens (tertiary/aromatic N) is 3. The monoisotopic (exact) mass is 481 g/mol. The van der Waals surface area contributed by atoms with Crippen LogP contribution in [0.15, 0.2) is 71.8 Å². The second-order valence-electron chi connectivity index (χ2n) is 8.56. The number of halogens is 1. The van der Waals surface area contributed by atoms with Crippen molar-refractivity contribution in [2.75, 3.05) is 51.0 Å². The first kappa shape index (κ1) is 25.1. The van der Waals surface area contributed by atoms with Crippen LogP contribution in [0.2, 0.25) is 0 Å². The fraction of sp³-hybridized carbons (Fsp3) is 0.370. The van der Waals surface area contributed by atoms with E-state index in [1.165, 1.54) is 12.1 Å². The lowest BCUT2D eigenvalue weighted by Gasteiger charge is -2.29. The summed E-state index contributed by atoms with van der Waals surface area (Å²) in [6.07, 6.45) is 0.947. The molecule has 8 heteroatoms. The standard InChI is InChI=1S/C27H32FN3O4/c1-2-14-34-20-24(32)18-30(17-21-8-10-23(28)11-9-21)19-25-26(22-6-4-3-5-7-22)29-35-27(25)31-12-15-33-16-13-31/h2-11,24,32H,1,12-20H2/t24-/m0/s1. The Morgan fingerprint density at radius 2 is 1.86 bits per heavy atom. The zero-order valence-corrected chi connectivity index (χ0v) is 19.8. The Labute approximate surface area is 205 Å². The van der Waals surface area contributed by atoms with Crippen molar-refractivity contribution in [2.24, 2.45) is 0 Å². The van der Waals surface area contributed by atoms with Gasteiger partial charge in [-0.3, -0.25) is 4.90 Å². The van der Waals surface area contributed by atoms with Crippen LogP contribution in [0.4, 0.5) is 10.3 Å². The number of benzene rings is 2. The number of ether oxygens (including phenoxy) is 2. The van der Waals surface area contributed by atoms with Gasteiger partial charge in [-0.05, 0) is 17.7 Å². The quantitative estimate of drug-likeness (QED) is 0.311. The molecule has 0 radical (unpaired) electrons. The molecule has 3 aromatic rings. The summed E-state index contributed by atoms with van der Waals surface area (Å²) in [5.41, 5.74) is 3.62. The highest BCUT2D eigenvalue weighted by atomic mass is 19.1. The lowest BCUT2D eigenvalue weighted by Crippen LogP contribution is -2.38. The fourth-order valence-corrected chi connectivity index (χ4v) is 4.18. The highest BCUT2D eigenvalue weighted by Gasteiger charge is 2.26. The number of rotatable bonds is 12. The molecule has 1 atom stereocenters. The third kappa shape index (κ3) is 6.99. The van der Waals surface area contributed by atoms with E-state index in [0.717, 1.165) is 22.4 Å². The summed E-state index contributed by atoms with van der Waals surface area (Å²) in [6, 6.07) is 16.3. The average Bonchev–Trinajstić information content (AvgIpc) is 3.30. The molecule has 0 amide bonds. The lowest BCUT2D eigenvalue weighted by molar-refractivity contribution is 0.0228. The van der Waals surface area contributed by atoms with Crippen LogP contribution in [0.25, 0.3) is 11.3 Å². The molecule has 1 saturated heterocycles. The first-order chi connectivity index (χ1) is 17.1. The predicted octanol–water partition coefficient (Wildman–Crippen LogP) is 3.88. The highest BCUT2D eigenvalue weighted by molar-refractivity contribution is 5.68. The molecule has 1 N–H and O–H groups in total. The number of hydrogen-bond acceptors (Lipinski definition) is 7. The van der Waals surface area contributed by atoms with E-state index in [-0.39, 0.29) is 12.4 Å². The number of aromatic nitrogens is 1. The first-order valence-electron chi connectivity index (χ1n) is 11.8. The molecule has 2 heterocycles. The van der Waals surface area contributed by atoms with Gasteiger partial charge in [0.05, 0.1) is 38.1 Å². The minimum absolute atomic E-state index is 0.192. The fourth-order valence-electron chi connectivity index (χ4n) is 4.18. The summed E-state index contributed by atoms with van der Waals surface area (Å²) >= 11 is 0. The smallest absolute Gasteiger partial charge is 0.232 e. The normalized spacial score (nSPS) is 14.9. The highest BCUT2D eigenvalue weighted by Crippen LogP contribution is 2.33. The Kier molecular flexibility index (Phi) is 9.02. The number of aliphatic hydroxyl groups is 1. The van der Waals surface area contributed by atoms with Gasteiger partial charge in [-0.1, -0.05) is 53.7 Å². The minimum Gasteiger partial charge on any atom is -0.389 e. The maximum Gasteiger partial charge on any atom is 0.232 e. The summed E-state index contributed by atoms with van der Waals surface area (Å²) in [5, 5.41) is 15.1. The molecule has 0 spiro atoms. The van der Waals surface area contributed by atoms with E-state index < -0.39 is 6.10 Å². The number of hydrogen-bond donors (Lipinski definition) is 1. The largest absolute Gasteiger partial charge is 0.389 e. The second-order valence-corrected chi connectivity index (χ2v) is 8.56. The Balaban J connectivity index is 1.63. The molecule has 0 unspecified atom stereocenters. The van der Waals surface area contributed by atoms with Crippen LogP contribution in [-0.4, -0.2) is 67.3 Å². The van der Waals surface area contributed by atoms with Gasteiger partial charge < -0.3 is 24.0 Å². The SMILES string of the molecule is C=CCOC[C@@H](O)CN(Cc1ccc(F)cc1)Cc1c(-c2ccccc2)noc1N1CCOCC1. The molecule has 1 aromatic heterocycles. The van der Waals surface area contributed by atoms with Crippen molar-refractivity contribution in [1.82, 2.24) is 10.1 Å². The van der Waals surface area contributed by atoms with Gasteiger partial charge in [-0.2, -0.15) is 0 Å². The Morgan fingerprint density at radius 1 is 1.11 bits per heavy atom. The molecule has 4 rings (SSSR count). The molecular formula is C27H32FN3O4. The van der Waals surface area contributed by atoms with Gasteiger partial charge >= 0.3 is 0 Å². The van der Waals surface area contributed by atoms with Gasteiger partial charge in [0.15, 0.2) is 0 Å². The Bertz CT molecular complexity index is 1050. The molecule has 1 aliphatic heterocycles. The van der Waals surface area contributed by atoms with E-state index in [1.807, 2.05) is 30.3 Å². The molecule has 1 aliphatic rings. The molecule has 186 valence electrons. The van der Waals surface area contributed by atoms with Crippen LogP contribution in [-0.2, 0) is 22.6 Å². The van der Waals surface area contributed by atoms with Crippen molar-refractivity contribution >= 4 is 5.88 Å². The predicted molar refractivity (Wildman–Crippen MR) is 133 cm³/mol. The third-order valence-electron chi connectivity index (χ3n) is 5.83. The van der Waals surface area contributed by atoms with Crippen molar-refractivity contribution in [3.05, 3.63) is 84.2 Å². The molecule has 35 heavy (non-hydrogen) atoms. The average molecular weight is 482 g/mol. The van der Waals surface area contributed by atoms with Gasteiger partial charge in [-0.15, -0.1) is 6.58 Å². The van der Waals surface area contributed by atoms with Gasteiger partial charge in [-0.25, -0.2) is 4.39 Å². The van der Waals surface area contributed by atoms with Gasteiger partial charge in [0.1, 0.15) is 11.5 Å². The van der Waals surface area contributed by atoms with E-state index in [2.05, 4.69) is 21.5 Å². The topological polar surface area (TPSA) is 71.2 Å². The maximum atomic E-state index is 13.5. The van der Waals surface area contributed by atoms with Crippen LogP contribution in [0.5, 0.6) is 0 Å². The van der Waals surface area contributed by atoms with E-state index in [1.54, 1.807) is 18.2 Å². The zero-order chi connectivity index (χ0) is 24.5. The van der Waals surface area contributed by atoms with Crippen molar-refractivity contribution in [3.63, 3.8) is 0 Å². The number of morpholine rings is 1. The van der Waals surface area contributed by atoms with Crippen LogP contribution in [0.3, 0.4) is 0 Å². The number of aliphatic hydroxyl groups excluding tert-OH is 1. The Morgan fingerprint density at radius 3 is 2.57 bits per heavy atom. The van der Waals surface area contributed by atoms with E-state index in [4.69, 9.17) is 14.0 Å². The zero-order valence-electron chi connectivity index (χ0n) is 19.8. The summed E-state index contributed by atoms with van der Waals surface area (Å²) in [4.78, 5) is 4.26. The van der Waals surface area contributed by atoms with Gasteiger partial charge in [0.2, 0.25) is 5.88 Å². The van der Waals surface area contributed by atoms with Crippen molar-refractivity contribution in [3.8, 4) is 11.3 Å². The summed E-state index contributed by atoms with van der Waals surface area (Å²) in [7, 11) is 0. The van der Waals surface area contributed by atoms with Gasteiger partial charge in [0, 0.05) is 38.3 Å². The van der Waals surface area contributed by atoms with Crippen molar-refractivity contribution < 1.29 is 23.5 Å². The van der Waals surface area contributed by atoms with Crippen LogP contribution in [0, 0.1) is 5.82 Å². The van der Waals surface area contributed by atoms with Crippen molar-refractivity contribution in [1.29, 1.82) is 0 Å². The number of anilines is 1. The van der Waals surface area contributed by atoms with Crippen LogP contribution < -0.4 is 4.90 Å². The molecular weight excluding hydrogens is 449 g/mol. The second kappa shape index (κ2) is 12.6. The van der Waals surface area contributed by atoms with Gasteiger partial charge in [0.25, 0.3) is 0 Å². The minimum atomic E-state index is -0.706. The molecule has 7 nitrogen and oxygen atoms in total. The molecule has 2 aromatic carbocycles. The van der Waals surface area contributed by atoms with Crippen molar-refractivity contribution in [2.45, 2.75) is 19.2 Å². The summed E-state index contributed by atoms with van der Waals surface area (Å²) in [5.74, 6) is 0.437. The maximum absolute atomic E-state index is 13.5. The van der Waals surface area contributed by atoms with Crippen LogP contribution >= 0.6 is 0 Å². The summed E-state index contributed by atoms with van der Waals surface area (Å²) < 4.78 is 30.4. The van der Waals surface area contributed by atoms with E-state index >= 15 is 0 Å².